The molecule has 2 aromatic rings. The third kappa shape index (κ3) is 2.44. The highest BCUT2D eigenvalue weighted by molar-refractivity contribution is 9.10. The van der Waals surface area contributed by atoms with E-state index < -0.39 is 0 Å². The number of likely N-dealkylation sites (N-methyl/N-ethyl adjacent to an activating group) is 1. The van der Waals surface area contributed by atoms with Crippen LogP contribution in [0.1, 0.15) is 11.1 Å². The summed E-state index contributed by atoms with van der Waals surface area (Å²) in [7, 11) is 1.93. The maximum absolute atomic E-state index is 14.4. The molecule has 1 N–H and O–H groups in total. The molecule has 0 aromatic heterocycles. The fourth-order valence-electron chi connectivity index (χ4n) is 3.11. The number of fused-ring (bicyclic) bond motifs is 3. The van der Waals surface area contributed by atoms with Gasteiger partial charge in [-0.1, -0.05) is 28.1 Å². The lowest BCUT2D eigenvalue weighted by atomic mass is 10.00. The number of nitrogens with one attached hydrogen (secondary N) is 1. The summed E-state index contributed by atoms with van der Waals surface area (Å²) < 4.78 is 15.3. The number of hydrogen-bond acceptors (Lipinski definition) is 3. The van der Waals surface area contributed by atoms with Gasteiger partial charge in [0.25, 0.3) is 0 Å². The zero-order chi connectivity index (χ0) is 16.8. The average Bonchev–Trinajstić information content (AvgIpc) is 2.74. The Labute approximate surface area is 153 Å². The van der Waals surface area contributed by atoms with Crippen LogP contribution in [-0.2, 0) is 0 Å². The highest BCUT2D eigenvalue weighted by atomic mass is 79.9. The van der Waals surface area contributed by atoms with Crippen LogP contribution in [0.25, 0.3) is 0 Å². The van der Waals surface area contributed by atoms with E-state index in [-0.39, 0.29) is 12.0 Å². The van der Waals surface area contributed by atoms with Crippen LogP contribution in [0.5, 0.6) is 0 Å². The number of aliphatic imine (C=N–C) groups is 1. The molecule has 4 nitrogen and oxygen atoms in total. The molecule has 122 valence electrons. The second-order valence-corrected chi connectivity index (χ2v) is 7.01. The van der Waals surface area contributed by atoms with E-state index >= 15 is 0 Å². The summed E-state index contributed by atoms with van der Waals surface area (Å²) in [4.78, 5) is 6.77. The number of nitrogens with zero attached hydrogens (tertiary/aromatic N) is 3. The van der Waals surface area contributed by atoms with Gasteiger partial charge in [0.1, 0.15) is 12.0 Å². The molecule has 0 spiro atoms. The summed E-state index contributed by atoms with van der Waals surface area (Å²) >= 11 is 8.99. The van der Waals surface area contributed by atoms with Crippen molar-refractivity contribution in [2.24, 2.45) is 4.99 Å². The number of rotatable bonds is 1. The van der Waals surface area contributed by atoms with Gasteiger partial charge in [0.05, 0.1) is 17.9 Å². The van der Waals surface area contributed by atoms with E-state index in [1.54, 1.807) is 12.1 Å². The fourth-order valence-corrected chi connectivity index (χ4v) is 3.84. The molecular formula is C17H14BrFN4S. The standard InChI is InChI=1S/C17H14BrFN4S/c1-22-15-9-20-16(11-4-2-3-5-13(11)19)12-8-10(18)6-7-14(12)23(15)17(24)21-22/h2-8,15H,9H2,1H3,(H,21,24). The Kier molecular flexibility index (Phi) is 3.86. The van der Waals surface area contributed by atoms with Crippen LogP contribution in [0.4, 0.5) is 10.1 Å². The van der Waals surface area contributed by atoms with Gasteiger partial charge in [-0.3, -0.25) is 15.3 Å². The molecule has 0 aliphatic carbocycles. The highest BCUT2D eigenvalue weighted by Gasteiger charge is 2.37. The summed E-state index contributed by atoms with van der Waals surface area (Å²) in [6.07, 6.45) is -0.0401. The van der Waals surface area contributed by atoms with Crippen molar-refractivity contribution >= 4 is 44.7 Å². The molecule has 1 atom stereocenters. The lowest BCUT2D eigenvalue weighted by Crippen LogP contribution is -2.40. The topological polar surface area (TPSA) is 30.9 Å². The molecule has 0 amide bonds. The number of hydrazine groups is 1. The van der Waals surface area contributed by atoms with E-state index in [0.717, 1.165) is 15.7 Å². The van der Waals surface area contributed by atoms with Gasteiger partial charge in [-0.15, -0.1) is 0 Å². The van der Waals surface area contributed by atoms with Gasteiger partial charge in [0.15, 0.2) is 5.11 Å². The minimum absolute atomic E-state index is 0.0401. The first-order valence-corrected chi connectivity index (χ1v) is 8.68. The van der Waals surface area contributed by atoms with Crippen LogP contribution in [0, 0.1) is 5.82 Å². The molecule has 0 saturated carbocycles. The van der Waals surface area contributed by atoms with Crippen molar-refractivity contribution in [2.75, 3.05) is 18.5 Å². The van der Waals surface area contributed by atoms with Crippen molar-refractivity contribution in [1.82, 2.24) is 10.4 Å². The highest BCUT2D eigenvalue weighted by Crippen LogP contribution is 2.33. The number of benzene rings is 2. The molecule has 2 aromatic carbocycles. The van der Waals surface area contributed by atoms with Gasteiger partial charge < -0.3 is 0 Å². The van der Waals surface area contributed by atoms with E-state index in [0.29, 0.717) is 22.9 Å². The van der Waals surface area contributed by atoms with Crippen molar-refractivity contribution < 1.29 is 4.39 Å². The number of hydrogen-bond donors (Lipinski definition) is 1. The Bertz CT molecular complexity index is 869. The zero-order valence-corrected chi connectivity index (χ0v) is 15.2. The Hall–Kier alpha value is -1.83. The largest absolute Gasteiger partial charge is 0.297 e. The van der Waals surface area contributed by atoms with Crippen LogP contribution in [0.3, 0.4) is 0 Å². The fraction of sp³-hybridized carbons (Fsp3) is 0.176. The van der Waals surface area contributed by atoms with E-state index in [9.17, 15) is 4.39 Å². The minimum atomic E-state index is -0.279. The third-order valence-electron chi connectivity index (χ3n) is 4.25. The van der Waals surface area contributed by atoms with E-state index in [4.69, 9.17) is 17.2 Å². The van der Waals surface area contributed by atoms with Gasteiger partial charge >= 0.3 is 0 Å². The van der Waals surface area contributed by atoms with Crippen molar-refractivity contribution in [2.45, 2.75) is 6.17 Å². The van der Waals surface area contributed by atoms with Crippen molar-refractivity contribution in [3.05, 3.63) is 63.9 Å². The number of thiocarbonyl (C=S) groups is 1. The predicted molar refractivity (Wildman–Crippen MR) is 101 cm³/mol. The monoisotopic (exact) mass is 404 g/mol. The molecule has 0 bridgehead atoms. The van der Waals surface area contributed by atoms with Crippen molar-refractivity contribution in [3.63, 3.8) is 0 Å². The van der Waals surface area contributed by atoms with Crippen LogP contribution < -0.4 is 10.3 Å². The third-order valence-corrected chi connectivity index (χ3v) is 5.03. The molecule has 2 heterocycles. The molecular weight excluding hydrogens is 391 g/mol. The van der Waals surface area contributed by atoms with E-state index in [2.05, 4.69) is 21.4 Å². The Balaban J connectivity index is 1.95. The van der Waals surface area contributed by atoms with Gasteiger partial charge in [-0.25, -0.2) is 4.39 Å². The zero-order valence-electron chi connectivity index (χ0n) is 12.8. The van der Waals surface area contributed by atoms with Crippen LogP contribution >= 0.6 is 28.1 Å². The summed E-state index contributed by atoms with van der Waals surface area (Å²) in [6, 6.07) is 12.6. The van der Waals surface area contributed by atoms with Crippen LogP contribution in [0.15, 0.2) is 51.9 Å². The first kappa shape index (κ1) is 15.7. The average molecular weight is 405 g/mol. The van der Waals surface area contributed by atoms with E-state index in [1.165, 1.54) is 6.07 Å². The molecule has 1 saturated heterocycles. The molecule has 7 heteroatoms. The van der Waals surface area contributed by atoms with E-state index in [1.807, 2.05) is 41.2 Å². The predicted octanol–water partition coefficient (Wildman–Crippen LogP) is 3.31. The Morgan fingerprint density at radius 2 is 2.04 bits per heavy atom. The second-order valence-electron chi connectivity index (χ2n) is 5.71. The molecule has 2 aliphatic heterocycles. The van der Waals surface area contributed by atoms with Gasteiger partial charge in [-0.05, 0) is 42.5 Å². The molecule has 4 rings (SSSR count). The summed E-state index contributed by atoms with van der Waals surface area (Å²) in [5.41, 5.74) is 6.07. The smallest absolute Gasteiger partial charge is 0.189 e. The normalized spacial score (nSPS) is 20.1. The summed E-state index contributed by atoms with van der Waals surface area (Å²) in [5.74, 6) is -0.279. The Morgan fingerprint density at radius 1 is 1.25 bits per heavy atom. The molecule has 1 unspecified atom stereocenters. The maximum atomic E-state index is 14.4. The number of anilines is 1. The minimum Gasteiger partial charge on any atom is -0.297 e. The van der Waals surface area contributed by atoms with Gasteiger partial charge in [0, 0.05) is 22.6 Å². The van der Waals surface area contributed by atoms with Crippen molar-refractivity contribution in [3.8, 4) is 0 Å². The summed E-state index contributed by atoms with van der Waals surface area (Å²) in [6.45, 7) is 0.486. The second kappa shape index (κ2) is 5.91. The van der Waals surface area contributed by atoms with Gasteiger partial charge in [0.2, 0.25) is 0 Å². The quantitative estimate of drug-likeness (QED) is 0.738. The number of halogens is 2. The Morgan fingerprint density at radius 3 is 2.83 bits per heavy atom. The molecule has 24 heavy (non-hydrogen) atoms. The lowest BCUT2D eigenvalue weighted by Gasteiger charge is -2.25. The van der Waals surface area contributed by atoms with Crippen LogP contribution in [-0.4, -0.2) is 35.6 Å². The maximum Gasteiger partial charge on any atom is 0.189 e. The molecule has 0 radical (unpaired) electrons. The van der Waals surface area contributed by atoms with Crippen LogP contribution in [0.2, 0.25) is 0 Å². The molecule has 2 aliphatic rings. The summed E-state index contributed by atoms with van der Waals surface area (Å²) in [5, 5.41) is 2.55. The lowest BCUT2D eigenvalue weighted by molar-refractivity contribution is 0.255. The SMILES string of the molecule is CN1NC(=S)N2c3ccc(Br)cc3C(c3ccccc3F)=NCC12. The van der Waals surface area contributed by atoms with Crippen molar-refractivity contribution in [1.29, 1.82) is 0 Å². The molecule has 1 fully saturated rings. The van der Waals surface area contributed by atoms with Gasteiger partial charge in [-0.2, -0.15) is 5.01 Å². The first-order valence-electron chi connectivity index (χ1n) is 7.48. The first-order chi connectivity index (χ1) is 11.6.